The normalized spacial score (nSPS) is 23.1. The molecule has 1 aliphatic heterocycles. The molecule has 1 saturated heterocycles. The van der Waals surface area contributed by atoms with E-state index in [1.54, 1.807) is 7.05 Å². The summed E-state index contributed by atoms with van der Waals surface area (Å²) in [5, 5.41) is 7.60. The number of hydrogen-bond donors (Lipinski definition) is 1. The van der Waals surface area contributed by atoms with E-state index in [-0.39, 0.29) is 11.6 Å². The maximum absolute atomic E-state index is 11.4. The van der Waals surface area contributed by atoms with Crippen molar-refractivity contribution >= 4 is 11.7 Å². The SMILES string of the molecule is CNC(=O)OCCN(C)Cc1cn(C2CCCCO2)nc1C1=CCC(COCC2CC2)(COCC2CC2)CC1. The highest BCUT2D eigenvalue weighted by molar-refractivity contribution is 5.67. The van der Waals surface area contributed by atoms with Gasteiger partial charge < -0.3 is 24.3 Å². The Kier molecular flexibility index (Phi) is 9.98. The third kappa shape index (κ3) is 8.52. The quantitative estimate of drug-likeness (QED) is 0.340. The van der Waals surface area contributed by atoms with Crippen molar-refractivity contribution in [2.45, 2.75) is 77.0 Å². The number of carbonyl (C=O) groups excluding carboxylic acids is 1. The van der Waals surface area contributed by atoms with E-state index in [2.05, 4.69) is 29.5 Å². The van der Waals surface area contributed by atoms with E-state index >= 15 is 0 Å². The maximum Gasteiger partial charge on any atom is 0.406 e. The summed E-state index contributed by atoms with van der Waals surface area (Å²) >= 11 is 0. The number of ether oxygens (including phenoxy) is 4. The van der Waals surface area contributed by atoms with Crippen molar-refractivity contribution in [3.05, 3.63) is 23.5 Å². The van der Waals surface area contributed by atoms with Gasteiger partial charge in [-0.15, -0.1) is 0 Å². The van der Waals surface area contributed by atoms with E-state index in [4.69, 9.17) is 24.0 Å². The van der Waals surface area contributed by atoms with Gasteiger partial charge in [-0.1, -0.05) is 6.08 Å². The van der Waals surface area contributed by atoms with Gasteiger partial charge >= 0.3 is 6.09 Å². The number of nitrogens with zero attached hydrogens (tertiary/aromatic N) is 3. The average molecular weight is 545 g/mol. The minimum atomic E-state index is -0.399. The Labute approximate surface area is 233 Å². The van der Waals surface area contributed by atoms with Gasteiger partial charge in [0.05, 0.1) is 18.9 Å². The monoisotopic (exact) mass is 544 g/mol. The van der Waals surface area contributed by atoms with Crippen molar-refractivity contribution in [1.82, 2.24) is 20.0 Å². The minimum absolute atomic E-state index is 0.00284. The summed E-state index contributed by atoms with van der Waals surface area (Å²) in [4.78, 5) is 13.6. The van der Waals surface area contributed by atoms with Gasteiger partial charge in [0.15, 0.2) is 0 Å². The zero-order chi connectivity index (χ0) is 27.1. The Hall–Kier alpha value is -1.94. The number of nitrogens with one attached hydrogen (secondary N) is 1. The summed E-state index contributed by atoms with van der Waals surface area (Å²) < 4.78 is 25.8. The molecule has 39 heavy (non-hydrogen) atoms. The molecule has 1 aromatic rings. The Balaban J connectivity index is 1.27. The fourth-order valence-corrected chi connectivity index (χ4v) is 5.55. The molecule has 4 aliphatic rings. The van der Waals surface area contributed by atoms with E-state index in [9.17, 15) is 4.79 Å². The lowest BCUT2D eigenvalue weighted by Crippen LogP contribution is -2.34. The Bertz CT molecular complexity index is 947. The molecule has 2 saturated carbocycles. The summed E-state index contributed by atoms with van der Waals surface area (Å²) in [5.41, 5.74) is 3.64. The first-order valence-electron chi connectivity index (χ1n) is 15.1. The van der Waals surface area contributed by atoms with Gasteiger partial charge in [-0.25, -0.2) is 9.48 Å². The van der Waals surface area contributed by atoms with E-state index in [1.165, 1.54) is 43.2 Å². The molecule has 3 fully saturated rings. The molecule has 1 atom stereocenters. The van der Waals surface area contributed by atoms with Gasteiger partial charge in [0.2, 0.25) is 0 Å². The second-order valence-electron chi connectivity index (χ2n) is 12.3. The fraction of sp³-hybridized carbons (Fsp3) is 0.800. The molecule has 1 aromatic heterocycles. The highest BCUT2D eigenvalue weighted by atomic mass is 16.5. The lowest BCUT2D eigenvalue weighted by atomic mass is 9.75. The predicted octanol–water partition coefficient (Wildman–Crippen LogP) is 4.78. The Morgan fingerprint density at radius 1 is 1.15 bits per heavy atom. The van der Waals surface area contributed by atoms with Gasteiger partial charge in [0, 0.05) is 57.1 Å². The smallest absolute Gasteiger partial charge is 0.406 e. The van der Waals surface area contributed by atoms with Gasteiger partial charge in [-0.3, -0.25) is 4.90 Å². The molecular weight excluding hydrogens is 496 g/mol. The Morgan fingerprint density at radius 3 is 2.49 bits per heavy atom. The first-order valence-corrected chi connectivity index (χ1v) is 15.1. The number of alkyl carbamates (subject to hydrolysis) is 1. The van der Waals surface area contributed by atoms with Gasteiger partial charge in [-0.05, 0) is 88.7 Å². The fourth-order valence-electron chi connectivity index (χ4n) is 5.55. The van der Waals surface area contributed by atoms with Crippen LogP contribution in [0.4, 0.5) is 4.79 Å². The molecule has 1 unspecified atom stereocenters. The number of carbonyl (C=O) groups is 1. The van der Waals surface area contributed by atoms with E-state index in [0.717, 1.165) is 89.2 Å². The predicted molar refractivity (Wildman–Crippen MR) is 149 cm³/mol. The first kappa shape index (κ1) is 28.6. The third-order valence-electron chi connectivity index (χ3n) is 8.54. The molecule has 0 spiro atoms. The first-order chi connectivity index (χ1) is 19.0. The second kappa shape index (κ2) is 13.6. The van der Waals surface area contributed by atoms with Crippen LogP contribution < -0.4 is 5.32 Å². The minimum Gasteiger partial charge on any atom is -0.448 e. The third-order valence-corrected chi connectivity index (χ3v) is 8.54. The van der Waals surface area contributed by atoms with Crippen LogP contribution in [0.2, 0.25) is 0 Å². The number of aromatic nitrogens is 2. The van der Waals surface area contributed by atoms with Gasteiger partial charge in [-0.2, -0.15) is 5.10 Å². The number of hydrogen-bond acceptors (Lipinski definition) is 7. The maximum atomic E-state index is 11.4. The zero-order valence-corrected chi connectivity index (χ0v) is 24.0. The van der Waals surface area contributed by atoms with Crippen LogP contribution in [0.25, 0.3) is 5.57 Å². The van der Waals surface area contributed by atoms with Crippen LogP contribution in [0.15, 0.2) is 12.3 Å². The molecule has 3 aliphatic carbocycles. The number of allylic oxidation sites excluding steroid dienone is 2. The summed E-state index contributed by atoms with van der Waals surface area (Å²) in [7, 11) is 3.63. The molecule has 1 N–H and O–H groups in total. The van der Waals surface area contributed by atoms with Crippen molar-refractivity contribution in [2.24, 2.45) is 17.3 Å². The van der Waals surface area contributed by atoms with Crippen molar-refractivity contribution in [3.63, 3.8) is 0 Å². The molecule has 9 heteroatoms. The van der Waals surface area contributed by atoms with E-state index < -0.39 is 6.09 Å². The summed E-state index contributed by atoms with van der Waals surface area (Å²) in [5.74, 6) is 1.55. The largest absolute Gasteiger partial charge is 0.448 e. The molecule has 0 bridgehead atoms. The molecule has 218 valence electrons. The molecule has 0 radical (unpaired) electrons. The van der Waals surface area contributed by atoms with E-state index in [0.29, 0.717) is 13.2 Å². The van der Waals surface area contributed by atoms with Crippen LogP contribution in [0.1, 0.15) is 81.7 Å². The van der Waals surface area contributed by atoms with Crippen molar-refractivity contribution in [2.75, 3.05) is 60.3 Å². The Morgan fingerprint density at radius 2 is 1.90 bits per heavy atom. The summed E-state index contributed by atoms with van der Waals surface area (Å²) in [6, 6.07) is 0. The highest BCUT2D eigenvalue weighted by Crippen LogP contribution is 2.41. The van der Waals surface area contributed by atoms with Crippen LogP contribution in [0.3, 0.4) is 0 Å². The number of rotatable bonds is 15. The number of likely N-dealkylation sites (N-methyl/N-ethyl adjacent to an activating group) is 1. The van der Waals surface area contributed by atoms with Crippen molar-refractivity contribution in [3.8, 4) is 0 Å². The lowest BCUT2D eigenvalue weighted by molar-refractivity contribution is -0.0396. The van der Waals surface area contributed by atoms with Gasteiger partial charge in [0.25, 0.3) is 0 Å². The highest BCUT2D eigenvalue weighted by Gasteiger charge is 2.36. The molecule has 0 aromatic carbocycles. The van der Waals surface area contributed by atoms with Crippen molar-refractivity contribution in [1.29, 1.82) is 0 Å². The van der Waals surface area contributed by atoms with Crippen molar-refractivity contribution < 1.29 is 23.7 Å². The summed E-state index contributed by atoms with van der Waals surface area (Å²) in [6.07, 6.45) is 15.7. The van der Waals surface area contributed by atoms with Crippen LogP contribution in [0, 0.1) is 17.3 Å². The topological polar surface area (TPSA) is 87.1 Å². The lowest BCUT2D eigenvalue weighted by Gasteiger charge is -2.36. The summed E-state index contributed by atoms with van der Waals surface area (Å²) in [6.45, 7) is 5.87. The standard InChI is InChI=1S/C30H48N4O5/c1-31-29(35)39-16-14-33(2)17-26-18-34(27-5-3-4-15-38-27)32-28(26)25-10-12-30(13-11-25,21-36-19-23-6-7-23)22-37-20-24-8-9-24/h10,18,23-24,27H,3-9,11-17,19-22H2,1-2H3,(H,31,35). The van der Waals surface area contributed by atoms with Crippen LogP contribution in [-0.2, 0) is 25.5 Å². The van der Waals surface area contributed by atoms with Crippen LogP contribution >= 0.6 is 0 Å². The molecule has 2 heterocycles. The zero-order valence-electron chi connectivity index (χ0n) is 24.0. The second-order valence-corrected chi connectivity index (χ2v) is 12.3. The van der Waals surface area contributed by atoms with E-state index in [1.807, 2.05) is 4.68 Å². The van der Waals surface area contributed by atoms with Crippen LogP contribution in [-0.4, -0.2) is 81.1 Å². The van der Waals surface area contributed by atoms with Crippen LogP contribution in [0.5, 0.6) is 0 Å². The molecule has 1 amide bonds. The average Bonchev–Trinajstić information content (AvgIpc) is 3.89. The molecule has 9 nitrogen and oxygen atoms in total. The van der Waals surface area contributed by atoms with Gasteiger partial charge in [0.1, 0.15) is 12.8 Å². The molecule has 5 rings (SSSR count). The molecular formula is C30H48N4O5. The number of amides is 1.